The van der Waals surface area contributed by atoms with E-state index in [9.17, 15) is 4.79 Å². The van der Waals surface area contributed by atoms with Crippen LogP contribution in [0.5, 0.6) is 0 Å². The Morgan fingerprint density at radius 2 is 2.38 bits per heavy atom. The number of fused-ring (bicyclic) bond motifs is 1. The summed E-state index contributed by atoms with van der Waals surface area (Å²) in [5.41, 5.74) is 7.04. The molecule has 16 heavy (non-hydrogen) atoms. The lowest BCUT2D eigenvalue weighted by Crippen LogP contribution is -1.99. The van der Waals surface area contributed by atoms with E-state index in [2.05, 4.69) is 20.9 Å². The molecule has 0 aliphatic carbocycles. The smallest absolute Gasteiger partial charge is 0.374 e. The number of carboxylic acids is 1. The summed E-state index contributed by atoms with van der Waals surface area (Å²) in [7, 11) is 0. The average Bonchev–Trinajstić information content (AvgIpc) is 2.57. The molecule has 0 bridgehead atoms. The van der Waals surface area contributed by atoms with Crippen molar-refractivity contribution in [3.05, 3.63) is 22.0 Å². The monoisotopic (exact) mass is 284 g/mol. The summed E-state index contributed by atoms with van der Waals surface area (Å²) in [6.45, 7) is 1.95. The molecule has 0 radical (unpaired) electrons. The highest BCUT2D eigenvalue weighted by atomic mass is 79.9. The molecule has 2 aromatic rings. The Morgan fingerprint density at radius 1 is 1.69 bits per heavy atom. The normalized spacial score (nSPS) is 10.9. The number of aryl methyl sites for hydroxylation is 1. The van der Waals surface area contributed by atoms with Crippen molar-refractivity contribution in [1.82, 2.24) is 4.98 Å². The first-order chi connectivity index (χ1) is 7.56. The molecule has 84 valence electrons. The Kier molecular flexibility index (Phi) is 2.59. The van der Waals surface area contributed by atoms with Gasteiger partial charge in [0, 0.05) is 10.7 Å². The number of aromatic nitrogens is 1. The van der Waals surface area contributed by atoms with Crippen LogP contribution < -0.4 is 5.73 Å². The van der Waals surface area contributed by atoms with Gasteiger partial charge in [0.05, 0.1) is 11.1 Å². The van der Waals surface area contributed by atoms with E-state index >= 15 is 0 Å². The number of hydrogen-bond acceptors (Lipinski definition) is 4. The van der Waals surface area contributed by atoms with Gasteiger partial charge in [-0.1, -0.05) is 6.92 Å². The molecule has 3 N–H and O–H groups in total. The van der Waals surface area contributed by atoms with Crippen molar-refractivity contribution in [3.8, 4) is 0 Å². The van der Waals surface area contributed by atoms with E-state index in [0.29, 0.717) is 11.8 Å². The van der Waals surface area contributed by atoms with Crippen LogP contribution >= 0.6 is 15.9 Å². The molecule has 0 aromatic carbocycles. The number of nitrogen functional groups attached to an aromatic ring is 1. The number of carbonyl (C=O) groups is 1. The largest absolute Gasteiger partial charge is 0.475 e. The summed E-state index contributed by atoms with van der Waals surface area (Å²) >= 11 is 3.35. The Bertz CT molecular complexity index is 577. The number of anilines is 1. The van der Waals surface area contributed by atoms with Gasteiger partial charge < -0.3 is 15.3 Å². The van der Waals surface area contributed by atoms with Gasteiger partial charge in [0.2, 0.25) is 11.5 Å². The van der Waals surface area contributed by atoms with Gasteiger partial charge in [0.15, 0.2) is 0 Å². The zero-order valence-electron chi connectivity index (χ0n) is 8.45. The van der Waals surface area contributed by atoms with E-state index in [1.807, 2.05) is 6.92 Å². The minimum Gasteiger partial charge on any atom is -0.475 e. The molecule has 0 fully saturated rings. The molecule has 0 atom stereocenters. The zero-order valence-corrected chi connectivity index (χ0v) is 10.0. The number of carboxylic acid groups (broad SMARTS) is 1. The molecule has 2 aromatic heterocycles. The summed E-state index contributed by atoms with van der Waals surface area (Å²) in [6.07, 6.45) is 2.29. The molecule has 0 spiro atoms. The molecule has 0 saturated carbocycles. The van der Waals surface area contributed by atoms with Crippen molar-refractivity contribution in [2.24, 2.45) is 0 Å². The standard InChI is InChI=1S/C10H9BrN2O3/c1-2-4-5(11)3-13-9-6(4)7(12)8(16-9)10(14)15/h3H,2,12H2,1H3,(H,14,15). The van der Waals surface area contributed by atoms with Crippen molar-refractivity contribution in [2.75, 3.05) is 5.73 Å². The molecule has 2 heterocycles. The second-order valence-corrected chi connectivity index (χ2v) is 4.12. The zero-order chi connectivity index (χ0) is 11.9. The molecule has 5 nitrogen and oxygen atoms in total. The maximum Gasteiger partial charge on any atom is 0.374 e. The molecule has 0 saturated heterocycles. The molecular weight excluding hydrogens is 276 g/mol. The summed E-state index contributed by atoms with van der Waals surface area (Å²) in [5, 5.41) is 9.46. The maximum atomic E-state index is 10.9. The third-order valence-electron chi connectivity index (χ3n) is 2.36. The molecule has 0 unspecified atom stereocenters. The van der Waals surface area contributed by atoms with E-state index in [1.54, 1.807) is 6.20 Å². The molecule has 2 rings (SSSR count). The second kappa shape index (κ2) is 3.79. The predicted octanol–water partition coefficient (Wildman–Crippen LogP) is 2.43. The number of halogens is 1. The van der Waals surface area contributed by atoms with E-state index in [0.717, 1.165) is 10.0 Å². The molecule has 6 heteroatoms. The van der Waals surface area contributed by atoms with Gasteiger partial charge in [0.1, 0.15) is 0 Å². The van der Waals surface area contributed by atoms with Crippen LogP contribution in [-0.4, -0.2) is 16.1 Å². The van der Waals surface area contributed by atoms with Crippen LogP contribution in [0.25, 0.3) is 11.1 Å². The fraction of sp³-hybridized carbons (Fsp3) is 0.200. The molecule has 0 aliphatic rings. The van der Waals surface area contributed by atoms with Crippen LogP contribution in [0.4, 0.5) is 5.69 Å². The van der Waals surface area contributed by atoms with E-state index in [-0.39, 0.29) is 17.2 Å². The Labute approximate surface area is 99.4 Å². The third-order valence-corrected chi connectivity index (χ3v) is 3.04. The van der Waals surface area contributed by atoms with Gasteiger partial charge in [-0.3, -0.25) is 0 Å². The van der Waals surface area contributed by atoms with Gasteiger partial charge in [-0.05, 0) is 27.9 Å². The topological polar surface area (TPSA) is 89.3 Å². The number of nitrogens with two attached hydrogens (primary N) is 1. The van der Waals surface area contributed by atoms with Crippen molar-refractivity contribution >= 4 is 38.7 Å². The van der Waals surface area contributed by atoms with Crippen molar-refractivity contribution in [2.45, 2.75) is 13.3 Å². The van der Waals surface area contributed by atoms with Crippen molar-refractivity contribution in [1.29, 1.82) is 0 Å². The van der Waals surface area contributed by atoms with Gasteiger partial charge in [-0.15, -0.1) is 0 Å². The Hall–Kier alpha value is -1.56. The van der Waals surface area contributed by atoms with Gasteiger partial charge in [-0.25, -0.2) is 9.78 Å². The number of pyridine rings is 1. The molecule has 0 amide bonds. The summed E-state index contributed by atoms with van der Waals surface area (Å²) < 4.78 is 5.90. The number of aromatic carboxylic acids is 1. The Morgan fingerprint density at radius 3 is 2.94 bits per heavy atom. The number of nitrogens with zero attached hydrogens (tertiary/aromatic N) is 1. The second-order valence-electron chi connectivity index (χ2n) is 3.27. The SMILES string of the molecule is CCc1c(Br)cnc2oc(C(=O)O)c(N)c12. The fourth-order valence-electron chi connectivity index (χ4n) is 1.63. The maximum absolute atomic E-state index is 10.9. The highest BCUT2D eigenvalue weighted by Gasteiger charge is 2.21. The number of hydrogen-bond donors (Lipinski definition) is 2. The molecular formula is C10H9BrN2O3. The van der Waals surface area contributed by atoms with E-state index in [1.165, 1.54) is 0 Å². The Balaban J connectivity index is 2.87. The van der Waals surface area contributed by atoms with E-state index < -0.39 is 5.97 Å². The number of furan rings is 1. The highest BCUT2D eigenvalue weighted by molar-refractivity contribution is 9.10. The van der Waals surface area contributed by atoms with Crippen LogP contribution in [0.15, 0.2) is 15.1 Å². The van der Waals surface area contributed by atoms with Crippen molar-refractivity contribution < 1.29 is 14.3 Å². The van der Waals surface area contributed by atoms with Gasteiger partial charge >= 0.3 is 5.97 Å². The first kappa shape index (κ1) is 10.9. The third kappa shape index (κ3) is 1.46. The highest BCUT2D eigenvalue weighted by Crippen LogP contribution is 2.33. The van der Waals surface area contributed by atoms with Crippen LogP contribution in [-0.2, 0) is 6.42 Å². The van der Waals surface area contributed by atoms with E-state index in [4.69, 9.17) is 15.3 Å². The summed E-state index contributed by atoms with van der Waals surface area (Å²) in [6, 6.07) is 0. The lowest BCUT2D eigenvalue weighted by molar-refractivity contribution is 0.0666. The average molecular weight is 285 g/mol. The summed E-state index contributed by atoms with van der Waals surface area (Å²) in [4.78, 5) is 14.9. The van der Waals surface area contributed by atoms with Crippen LogP contribution in [0.1, 0.15) is 23.0 Å². The summed E-state index contributed by atoms with van der Waals surface area (Å²) in [5.74, 6) is -1.44. The lowest BCUT2D eigenvalue weighted by atomic mass is 10.1. The fourth-order valence-corrected chi connectivity index (χ4v) is 2.21. The van der Waals surface area contributed by atoms with Crippen LogP contribution in [0.2, 0.25) is 0 Å². The first-order valence-electron chi connectivity index (χ1n) is 4.64. The quantitative estimate of drug-likeness (QED) is 0.884. The number of rotatable bonds is 2. The van der Waals surface area contributed by atoms with Crippen LogP contribution in [0.3, 0.4) is 0 Å². The first-order valence-corrected chi connectivity index (χ1v) is 5.44. The molecule has 0 aliphatic heterocycles. The van der Waals surface area contributed by atoms with Gasteiger partial charge in [-0.2, -0.15) is 0 Å². The van der Waals surface area contributed by atoms with Crippen LogP contribution in [0, 0.1) is 0 Å². The van der Waals surface area contributed by atoms with Gasteiger partial charge in [0.25, 0.3) is 0 Å². The predicted molar refractivity (Wildman–Crippen MR) is 62.5 cm³/mol. The lowest BCUT2D eigenvalue weighted by Gasteiger charge is -2.01. The van der Waals surface area contributed by atoms with Crippen molar-refractivity contribution in [3.63, 3.8) is 0 Å². The minimum atomic E-state index is -1.19. The minimum absolute atomic E-state index is 0.133.